The number of piperazine rings is 1. The van der Waals surface area contributed by atoms with Gasteiger partial charge in [-0.2, -0.15) is 0 Å². The topological polar surface area (TPSA) is 86.9 Å². The second-order valence-electron chi connectivity index (χ2n) is 3.86. The quantitative estimate of drug-likeness (QED) is 0.600. The van der Waals surface area contributed by atoms with Gasteiger partial charge in [0.15, 0.2) is 0 Å². The molecule has 1 fully saturated rings. The molecule has 1 atom stereocenters. The molecule has 86 valence electrons. The van der Waals surface area contributed by atoms with E-state index in [1.165, 1.54) is 0 Å². The van der Waals surface area contributed by atoms with Crippen molar-refractivity contribution in [1.29, 1.82) is 0 Å². The Bertz CT molecular complexity index is 249. The first-order valence-corrected chi connectivity index (χ1v) is 4.94. The second-order valence-corrected chi connectivity index (χ2v) is 3.86. The molecule has 0 radical (unpaired) electrons. The molecule has 1 amide bonds. The zero-order chi connectivity index (χ0) is 11.4. The largest absolute Gasteiger partial charge is 0.480 e. The van der Waals surface area contributed by atoms with Gasteiger partial charge in [-0.15, -0.1) is 0 Å². The fourth-order valence-corrected chi connectivity index (χ4v) is 1.70. The van der Waals surface area contributed by atoms with E-state index in [4.69, 9.17) is 10.8 Å². The summed E-state index contributed by atoms with van der Waals surface area (Å²) < 4.78 is 0. The number of nitrogens with two attached hydrogens (primary N) is 1. The van der Waals surface area contributed by atoms with Gasteiger partial charge < -0.3 is 15.7 Å². The number of carboxylic acids is 1. The Labute approximate surface area is 88.6 Å². The van der Waals surface area contributed by atoms with E-state index in [1.807, 2.05) is 7.05 Å². The number of hydrogen-bond donors (Lipinski definition) is 2. The predicted molar refractivity (Wildman–Crippen MR) is 54.3 cm³/mol. The Hall–Kier alpha value is -1.14. The number of carbonyl (C=O) groups excluding carboxylic acids is 1. The number of primary amides is 1. The lowest BCUT2D eigenvalue weighted by molar-refractivity contribution is -0.146. The lowest BCUT2D eigenvalue weighted by Gasteiger charge is -2.35. The van der Waals surface area contributed by atoms with E-state index in [1.54, 1.807) is 4.90 Å². The van der Waals surface area contributed by atoms with E-state index in [0.717, 1.165) is 13.1 Å². The van der Waals surface area contributed by atoms with Crippen molar-refractivity contribution in [1.82, 2.24) is 9.80 Å². The molecule has 15 heavy (non-hydrogen) atoms. The van der Waals surface area contributed by atoms with Crippen molar-refractivity contribution < 1.29 is 14.7 Å². The summed E-state index contributed by atoms with van der Waals surface area (Å²) in [5.41, 5.74) is 5.03. The van der Waals surface area contributed by atoms with Crippen LogP contribution in [-0.4, -0.2) is 66.1 Å². The van der Waals surface area contributed by atoms with Crippen molar-refractivity contribution in [2.75, 3.05) is 33.2 Å². The molecule has 0 aromatic carbocycles. The van der Waals surface area contributed by atoms with Crippen LogP contribution in [0.15, 0.2) is 0 Å². The molecule has 0 spiro atoms. The normalized spacial score (nSPS) is 21.1. The molecule has 3 N–H and O–H groups in total. The van der Waals surface area contributed by atoms with Crippen LogP contribution in [0, 0.1) is 0 Å². The molecule has 6 heteroatoms. The van der Waals surface area contributed by atoms with Crippen molar-refractivity contribution in [2.24, 2.45) is 5.73 Å². The van der Waals surface area contributed by atoms with Crippen LogP contribution < -0.4 is 5.73 Å². The summed E-state index contributed by atoms with van der Waals surface area (Å²) in [4.78, 5) is 25.6. The SMILES string of the molecule is CN1CCN(C(CC(N)=O)C(=O)O)CC1. The lowest BCUT2D eigenvalue weighted by atomic mass is 10.1. The fraction of sp³-hybridized carbons (Fsp3) is 0.778. The molecule has 1 unspecified atom stereocenters. The molecule has 0 aromatic heterocycles. The summed E-state index contributed by atoms with van der Waals surface area (Å²) in [6.07, 6.45) is -0.112. The molecule has 0 saturated carbocycles. The third kappa shape index (κ3) is 3.49. The van der Waals surface area contributed by atoms with Gasteiger partial charge in [0.25, 0.3) is 0 Å². The Morgan fingerprint density at radius 1 is 1.33 bits per heavy atom. The Balaban J connectivity index is 2.56. The first-order chi connectivity index (χ1) is 7.00. The third-order valence-electron chi connectivity index (χ3n) is 2.66. The summed E-state index contributed by atoms with van der Waals surface area (Å²) >= 11 is 0. The molecule has 0 aromatic rings. The van der Waals surface area contributed by atoms with E-state index in [0.29, 0.717) is 13.1 Å². The number of carbonyl (C=O) groups is 2. The maximum atomic E-state index is 11.0. The Morgan fingerprint density at radius 3 is 2.27 bits per heavy atom. The minimum absolute atomic E-state index is 0.112. The molecular formula is C9H17N3O3. The van der Waals surface area contributed by atoms with E-state index in [9.17, 15) is 9.59 Å². The van der Waals surface area contributed by atoms with Crippen LogP contribution in [0.4, 0.5) is 0 Å². The number of hydrogen-bond acceptors (Lipinski definition) is 4. The first-order valence-electron chi connectivity index (χ1n) is 4.94. The first kappa shape index (κ1) is 11.9. The van der Waals surface area contributed by atoms with Crippen molar-refractivity contribution in [2.45, 2.75) is 12.5 Å². The van der Waals surface area contributed by atoms with Crippen LogP contribution in [0.3, 0.4) is 0 Å². The summed E-state index contributed by atoms with van der Waals surface area (Å²) in [5, 5.41) is 8.98. The van der Waals surface area contributed by atoms with Gasteiger partial charge in [0.1, 0.15) is 6.04 Å². The Kier molecular flexibility index (Phi) is 4.05. The fourth-order valence-electron chi connectivity index (χ4n) is 1.70. The molecule has 1 aliphatic rings. The summed E-state index contributed by atoms with van der Waals surface area (Å²) in [7, 11) is 1.99. The minimum Gasteiger partial charge on any atom is -0.480 e. The van der Waals surface area contributed by atoms with Gasteiger partial charge in [-0.25, -0.2) is 0 Å². The zero-order valence-electron chi connectivity index (χ0n) is 8.85. The average Bonchev–Trinajstić information content (AvgIpc) is 2.15. The van der Waals surface area contributed by atoms with Crippen LogP contribution in [0.25, 0.3) is 0 Å². The van der Waals surface area contributed by atoms with Gasteiger partial charge in [0.2, 0.25) is 5.91 Å². The van der Waals surface area contributed by atoms with E-state index < -0.39 is 17.9 Å². The maximum Gasteiger partial charge on any atom is 0.321 e. The smallest absolute Gasteiger partial charge is 0.321 e. The highest BCUT2D eigenvalue weighted by Crippen LogP contribution is 2.08. The monoisotopic (exact) mass is 215 g/mol. The predicted octanol–water partition coefficient (Wildman–Crippen LogP) is -1.44. The number of amides is 1. The summed E-state index contributed by atoms with van der Waals surface area (Å²) in [6, 6.07) is -0.767. The Morgan fingerprint density at radius 2 is 1.87 bits per heavy atom. The van der Waals surface area contributed by atoms with E-state index >= 15 is 0 Å². The highest BCUT2D eigenvalue weighted by Gasteiger charge is 2.29. The molecule has 1 saturated heterocycles. The van der Waals surface area contributed by atoms with Crippen LogP contribution in [0.2, 0.25) is 0 Å². The number of carboxylic acid groups (broad SMARTS) is 1. The minimum atomic E-state index is -0.974. The van der Waals surface area contributed by atoms with Crippen molar-refractivity contribution in [3.05, 3.63) is 0 Å². The molecular weight excluding hydrogens is 198 g/mol. The molecule has 6 nitrogen and oxygen atoms in total. The highest BCUT2D eigenvalue weighted by atomic mass is 16.4. The standard InChI is InChI=1S/C9H17N3O3/c1-11-2-4-12(5-3-11)7(9(14)15)6-8(10)13/h7H,2-6H2,1H3,(H2,10,13)(H,14,15). The maximum absolute atomic E-state index is 11.0. The number of nitrogens with zero attached hydrogens (tertiary/aromatic N) is 2. The van der Waals surface area contributed by atoms with E-state index in [-0.39, 0.29) is 6.42 Å². The van der Waals surface area contributed by atoms with Crippen LogP contribution in [0.1, 0.15) is 6.42 Å². The van der Waals surface area contributed by atoms with Gasteiger partial charge in [0, 0.05) is 26.2 Å². The highest BCUT2D eigenvalue weighted by molar-refractivity contribution is 5.83. The average molecular weight is 215 g/mol. The van der Waals surface area contributed by atoms with Gasteiger partial charge in [-0.3, -0.25) is 14.5 Å². The number of rotatable bonds is 4. The van der Waals surface area contributed by atoms with Gasteiger partial charge >= 0.3 is 5.97 Å². The molecule has 0 bridgehead atoms. The molecule has 1 aliphatic heterocycles. The third-order valence-corrected chi connectivity index (χ3v) is 2.66. The molecule has 1 rings (SSSR count). The number of likely N-dealkylation sites (N-methyl/N-ethyl adjacent to an activating group) is 1. The molecule has 1 heterocycles. The molecule has 0 aliphatic carbocycles. The summed E-state index contributed by atoms with van der Waals surface area (Å²) in [6.45, 7) is 2.98. The van der Waals surface area contributed by atoms with Crippen molar-refractivity contribution in [3.63, 3.8) is 0 Å². The van der Waals surface area contributed by atoms with Crippen LogP contribution >= 0.6 is 0 Å². The van der Waals surface area contributed by atoms with Crippen molar-refractivity contribution >= 4 is 11.9 Å². The van der Waals surface area contributed by atoms with Crippen LogP contribution in [0.5, 0.6) is 0 Å². The van der Waals surface area contributed by atoms with E-state index in [2.05, 4.69) is 4.90 Å². The summed E-state index contributed by atoms with van der Waals surface area (Å²) in [5.74, 6) is -1.54. The van der Waals surface area contributed by atoms with Gasteiger partial charge in [-0.05, 0) is 7.05 Å². The van der Waals surface area contributed by atoms with Crippen molar-refractivity contribution in [3.8, 4) is 0 Å². The number of aliphatic carboxylic acids is 1. The van der Waals surface area contributed by atoms with Gasteiger partial charge in [-0.1, -0.05) is 0 Å². The zero-order valence-corrected chi connectivity index (χ0v) is 8.85. The van der Waals surface area contributed by atoms with Crippen LogP contribution in [-0.2, 0) is 9.59 Å². The van der Waals surface area contributed by atoms with Gasteiger partial charge in [0.05, 0.1) is 6.42 Å². The second kappa shape index (κ2) is 5.09. The lowest BCUT2D eigenvalue weighted by Crippen LogP contribution is -2.52.